The van der Waals surface area contributed by atoms with Crippen molar-refractivity contribution in [2.45, 2.75) is 0 Å². The first kappa shape index (κ1) is 32.4. The van der Waals surface area contributed by atoms with E-state index in [0.29, 0.717) is 17.5 Å². The number of benzene rings is 9. The van der Waals surface area contributed by atoms with Gasteiger partial charge in [-0.3, -0.25) is 0 Å². The molecule has 0 atom stereocenters. The molecule has 0 aliphatic carbocycles. The predicted octanol–water partition coefficient (Wildman–Crippen LogP) is 13.8. The number of nitrogens with zero attached hydrogens (tertiary/aromatic N) is 4. The summed E-state index contributed by atoms with van der Waals surface area (Å²) in [5.41, 5.74) is 9.78. The fraction of sp³-hybridized carbons (Fsp3) is 0. The Morgan fingerprint density at radius 2 is 0.845 bits per heavy atom. The third-order valence-electron chi connectivity index (χ3n) is 11.4. The molecule has 0 aliphatic heterocycles. The summed E-state index contributed by atoms with van der Waals surface area (Å²) in [5, 5.41) is 9.42. The molecule has 3 heterocycles. The van der Waals surface area contributed by atoms with Crippen LogP contribution in [0.15, 0.2) is 199 Å². The molecule has 0 aliphatic rings. The van der Waals surface area contributed by atoms with Crippen LogP contribution in [0.2, 0.25) is 0 Å². The van der Waals surface area contributed by atoms with Crippen LogP contribution in [0.5, 0.6) is 0 Å². The van der Waals surface area contributed by atoms with Crippen LogP contribution in [0.3, 0.4) is 0 Å². The molecule has 0 saturated heterocycles. The summed E-state index contributed by atoms with van der Waals surface area (Å²) in [6.45, 7) is 0. The highest BCUT2D eigenvalue weighted by Gasteiger charge is 2.23. The van der Waals surface area contributed by atoms with Crippen LogP contribution >= 0.6 is 0 Å². The zero-order valence-corrected chi connectivity index (χ0v) is 31.2. The molecule has 0 fully saturated rings. The van der Waals surface area contributed by atoms with Gasteiger partial charge in [0.15, 0.2) is 23.1 Å². The van der Waals surface area contributed by atoms with Crippen molar-refractivity contribution in [1.82, 2.24) is 19.5 Å². The Hall–Kier alpha value is -7.89. The predicted molar refractivity (Wildman–Crippen MR) is 238 cm³/mol. The van der Waals surface area contributed by atoms with E-state index in [1.54, 1.807) is 0 Å². The zero-order chi connectivity index (χ0) is 38.2. The van der Waals surface area contributed by atoms with Crippen LogP contribution in [-0.2, 0) is 0 Å². The number of furan rings is 1. The number of rotatable bonds is 5. The normalized spacial score (nSPS) is 11.8. The van der Waals surface area contributed by atoms with Gasteiger partial charge in [-0.05, 0) is 69.1 Å². The first-order valence-electron chi connectivity index (χ1n) is 19.5. The van der Waals surface area contributed by atoms with Gasteiger partial charge in [-0.15, -0.1) is 0 Å². The van der Waals surface area contributed by atoms with Gasteiger partial charge in [0.25, 0.3) is 0 Å². The van der Waals surface area contributed by atoms with Crippen molar-refractivity contribution in [2.75, 3.05) is 0 Å². The van der Waals surface area contributed by atoms with Crippen molar-refractivity contribution in [3.05, 3.63) is 194 Å². The lowest BCUT2D eigenvalue weighted by Crippen LogP contribution is -2.00. The molecule has 0 radical (unpaired) electrons. The van der Waals surface area contributed by atoms with E-state index in [4.69, 9.17) is 19.4 Å². The summed E-state index contributed by atoms with van der Waals surface area (Å²) in [6.07, 6.45) is 0. The first-order valence-corrected chi connectivity index (χ1v) is 19.5. The highest BCUT2D eigenvalue weighted by molar-refractivity contribution is 6.29. The van der Waals surface area contributed by atoms with E-state index in [2.05, 4.69) is 138 Å². The van der Waals surface area contributed by atoms with Gasteiger partial charge in [0.1, 0.15) is 5.58 Å². The maximum atomic E-state index is 7.07. The number of hydrogen-bond donors (Lipinski definition) is 0. The van der Waals surface area contributed by atoms with Gasteiger partial charge in [-0.2, -0.15) is 0 Å². The summed E-state index contributed by atoms with van der Waals surface area (Å²) in [6, 6.07) is 68.0. The monoisotopic (exact) mass is 740 g/mol. The summed E-state index contributed by atoms with van der Waals surface area (Å²) < 4.78 is 9.48. The molecule has 58 heavy (non-hydrogen) atoms. The lowest BCUT2D eigenvalue weighted by atomic mass is 10.00. The van der Waals surface area contributed by atoms with Crippen molar-refractivity contribution in [3.8, 4) is 51.0 Å². The highest BCUT2D eigenvalue weighted by atomic mass is 16.3. The average Bonchev–Trinajstić information content (AvgIpc) is 3.85. The van der Waals surface area contributed by atoms with Gasteiger partial charge < -0.3 is 8.98 Å². The van der Waals surface area contributed by atoms with Crippen molar-refractivity contribution in [2.24, 2.45) is 0 Å². The molecular formula is C53H32N4O. The van der Waals surface area contributed by atoms with Gasteiger partial charge in [0.05, 0.1) is 16.7 Å². The van der Waals surface area contributed by atoms with E-state index < -0.39 is 0 Å². The SMILES string of the molecule is c1ccc(-c2cc(-n3c4ccc5ccccc5c4c4c5ccccc5ccc43)c3oc4cc(-c5nc(-c6ccccc6)nc(-c6ccccc6)n5)ccc4c3c2)cc1. The molecule has 12 aromatic rings. The molecule has 0 bridgehead atoms. The Balaban J connectivity index is 1.14. The van der Waals surface area contributed by atoms with Crippen LogP contribution in [0.4, 0.5) is 0 Å². The van der Waals surface area contributed by atoms with E-state index in [-0.39, 0.29) is 0 Å². The topological polar surface area (TPSA) is 56.7 Å². The number of aromatic nitrogens is 4. The molecule has 270 valence electrons. The standard InChI is InChI=1S/C53H32N4O/c1-4-14-33(15-5-1)39-30-43-42-27-24-38(53-55-51(36-18-6-2-7-19-36)54-52(56-53)37-20-8-3-9-21-37)32-47(42)58-50(43)46(31-39)57-44-28-25-34-16-10-12-22-40(34)48(44)49-41-23-13-11-17-35(41)26-29-45(49)57/h1-32H. The fourth-order valence-corrected chi connectivity index (χ4v) is 8.71. The van der Waals surface area contributed by atoms with Crippen molar-refractivity contribution in [1.29, 1.82) is 0 Å². The molecule has 9 aromatic carbocycles. The molecule has 0 spiro atoms. The third kappa shape index (κ3) is 5.07. The van der Waals surface area contributed by atoms with Gasteiger partial charge >= 0.3 is 0 Å². The van der Waals surface area contributed by atoms with E-state index in [0.717, 1.165) is 66.5 Å². The maximum absolute atomic E-state index is 7.07. The minimum absolute atomic E-state index is 0.585. The van der Waals surface area contributed by atoms with E-state index in [1.807, 2.05) is 60.7 Å². The summed E-state index contributed by atoms with van der Waals surface area (Å²) >= 11 is 0. The Morgan fingerprint density at radius 1 is 0.345 bits per heavy atom. The minimum atomic E-state index is 0.585. The number of hydrogen-bond acceptors (Lipinski definition) is 4. The molecule has 3 aromatic heterocycles. The average molecular weight is 741 g/mol. The number of fused-ring (bicyclic) bond motifs is 10. The lowest BCUT2D eigenvalue weighted by molar-refractivity contribution is 0.666. The smallest absolute Gasteiger partial charge is 0.164 e. The van der Waals surface area contributed by atoms with Crippen molar-refractivity contribution < 1.29 is 4.42 Å². The van der Waals surface area contributed by atoms with Crippen LogP contribution in [0.1, 0.15) is 0 Å². The van der Waals surface area contributed by atoms with Crippen molar-refractivity contribution in [3.63, 3.8) is 0 Å². The molecule has 5 nitrogen and oxygen atoms in total. The second kappa shape index (κ2) is 12.8. The molecule has 0 amide bonds. The van der Waals surface area contributed by atoms with Crippen molar-refractivity contribution >= 4 is 65.3 Å². The molecule has 0 unspecified atom stereocenters. The molecule has 0 saturated carbocycles. The maximum Gasteiger partial charge on any atom is 0.164 e. The summed E-state index contributed by atoms with van der Waals surface area (Å²) in [5.74, 6) is 1.83. The summed E-state index contributed by atoms with van der Waals surface area (Å²) in [7, 11) is 0. The minimum Gasteiger partial charge on any atom is -0.454 e. The lowest BCUT2D eigenvalue weighted by Gasteiger charge is -2.12. The van der Waals surface area contributed by atoms with E-state index in [1.165, 1.54) is 32.3 Å². The van der Waals surface area contributed by atoms with Gasteiger partial charge in [0.2, 0.25) is 0 Å². The Morgan fingerprint density at radius 3 is 1.41 bits per heavy atom. The van der Waals surface area contributed by atoms with E-state index >= 15 is 0 Å². The van der Waals surface area contributed by atoms with Crippen LogP contribution in [0.25, 0.3) is 116 Å². The fourth-order valence-electron chi connectivity index (χ4n) is 8.71. The zero-order valence-electron chi connectivity index (χ0n) is 31.2. The Kier molecular flexibility index (Phi) is 7.16. The highest BCUT2D eigenvalue weighted by Crippen LogP contribution is 2.44. The van der Waals surface area contributed by atoms with Gasteiger partial charge in [0, 0.05) is 38.2 Å². The molecule has 5 heteroatoms. The van der Waals surface area contributed by atoms with Gasteiger partial charge in [-0.1, -0.05) is 158 Å². The largest absolute Gasteiger partial charge is 0.454 e. The first-order chi connectivity index (χ1) is 28.7. The Labute approximate surface area is 333 Å². The van der Waals surface area contributed by atoms with E-state index in [9.17, 15) is 0 Å². The molecule has 12 rings (SSSR count). The Bertz CT molecular complexity index is 3400. The summed E-state index contributed by atoms with van der Waals surface area (Å²) in [4.78, 5) is 15.0. The third-order valence-corrected chi connectivity index (χ3v) is 11.4. The van der Waals surface area contributed by atoms with Crippen LogP contribution in [0, 0.1) is 0 Å². The second-order valence-electron chi connectivity index (χ2n) is 14.8. The second-order valence-corrected chi connectivity index (χ2v) is 14.8. The quantitative estimate of drug-likeness (QED) is 0.176. The van der Waals surface area contributed by atoms with Crippen LogP contribution < -0.4 is 0 Å². The molecule has 0 N–H and O–H groups in total. The van der Waals surface area contributed by atoms with Gasteiger partial charge in [-0.25, -0.2) is 15.0 Å². The molecular weight excluding hydrogens is 709 g/mol. The van der Waals surface area contributed by atoms with Crippen LogP contribution in [-0.4, -0.2) is 19.5 Å².